The fourth-order valence-electron chi connectivity index (χ4n) is 4.31. The summed E-state index contributed by atoms with van der Waals surface area (Å²) in [6.45, 7) is 0. The first-order chi connectivity index (χ1) is 15.0. The van der Waals surface area contributed by atoms with Gasteiger partial charge in [-0.3, -0.25) is 9.69 Å². The van der Waals surface area contributed by atoms with E-state index in [2.05, 4.69) is 4.99 Å². The first kappa shape index (κ1) is 20.8. The maximum absolute atomic E-state index is 12.9. The van der Waals surface area contributed by atoms with Crippen LogP contribution in [-0.2, 0) is 28.6 Å². The number of carbonyl (C=O) groups is 3. The van der Waals surface area contributed by atoms with Crippen molar-refractivity contribution in [2.75, 3.05) is 19.1 Å². The van der Waals surface area contributed by atoms with Crippen LogP contribution in [0.2, 0.25) is 0 Å². The molecular weight excluding hydrogens is 400 g/mol. The van der Waals surface area contributed by atoms with Crippen molar-refractivity contribution in [1.29, 1.82) is 0 Å². The van der Waals surface area contributed by atoms with E-state index in [4.69, 9.17) is 14.2 Å². The second-order valence-electron chi connectivity index (χ2n) is 7.60. The molecule has 1 fully saturated rings. The van der Waals surface area contributed by atoms with Gasteiger partial charge in [0.2, 0.25) is 11.6 Å². The van der Waals surface area contributed by atoms with E-state index in [-0.39, 0.29) is 23.1 Å². The van der Waals surface area contributed by atoms with E-state index in [1.165, 1.54) is 31.3 Å². The minimum Gasteiger partial charge on any atom is -0.465 e. The molecule has 1 amide bonds. The van der Waals surface area contributed by atoms with Crippen molar-refractivity contribution in [2.45, 2.75) is 43.9 Å². The zero-order valence-corrected chi connectivity index (χ0v) is 17.5. The van der Waals surface area contributed by atoms with Crippen LogP contribution in [0.25, 0.3) is 0 Å². The molecule has 8 nitrogen and oxygen atoms in total. The Morgan fingerprint density at radius 2 is 1.74 bits per heavy atom. The smallest absolute Gasteiger partial charge is 0.344 e. The molecule has 1 saturated carbocycles. The van der Waals surface area contributed by atoms with Gasteiger partial charge in [0.25, 0.3) is 5.91 Å². The molecule has 3 aliphatic rings. The molecule has 0 aromatic heterocycles. The fraction of sp³-hybridized carbons (Fsp3) is 0.391. The van der Waals surface area contributed by atoms with E-state index in [1.54, 1.807) is 24.3 Å². The topological polar surface area (TPSA) is 94.5 Å². The Kier molecular flexibility index (Phi) is 5.63. The molecule has 1 spiro atoms. The molecule has 0 radical (unpaired) electrons. The second kappa shape index (κ2) is 8.37. The molecule has 1 aromatic carbocycles. The van der Waals surface area contributed by atoms with Gasteiger partial charge in [0.1, 0.15) is 11.1 Å². The summed E-state index contributed by atoms with van der Waals surface area (Å²) in [5, 5.41) is 0. The summed E-state index contributed by atoms with van der Waals surface area (Å²) in [6.07, 6.45) is 7.69. The number of esters is 2. The molecule has 4 rings (SSSR count). The number of benzene rings is 1. The quantitative estimate of drug-likeness (QED) is 0.690. The number of ether oxygens (including phenoxy) is 3. The molecule has 1 aliphatic carbocycles. The highest BCUT2D eigenvalue weighted by molar-refractivity contribution is 6.26. The van der Waals surface area contributed by atoms with Crippen molar-refractivity contribution in [3.05, 3.63) is 53.6 Å². The van der Waals surface area contributed by atoms with Crippen LogP contribution < -0.4 is 4.90 Å². The van der Waals surface area contributed by atoms with Crippen LogP contribution in [-0.4, -0.2) is 49.7 Å². The third-order valence-electron chi connectivity index (χ3n) is 5.75. The first-order valence-corrected chi connectivity index (χ1v) is 10.3. The zero-order chi connectivity index (χ0) is 22.0. The van der Waals surface area contributed by atoms with Gasteiger partial charge in [0.15, 0.2) is 0 Å². The Balaban J connectivity index is 1.91. The number of amides is 1. The average molecular weight is 424 g/mol. The van der Waals surface area contributed by atoms with Crippen LogP contribution in [0.4, 0.5) is 5.69 Å². The monoisotopic (exact) mass is 424 g/mol. The number of para-hydroxylation sites is 1. The first-order valence-electron chi connectivity index (χ1n) is 10.3. The summed E-state index contributed by atoms with van der Waals surface area (Å²) in [6, 6.07) is 8.75. The number of rotatable bonds is 4. The predicted octanol–water partition coefficient (Wildman–Crippen LogP) is 2.69. The van der Waals surface area contributed by atoms with Crippen LogP contribution in [0.1, 0.15) is 32.1 Å². The number of hydrogen-bond acceptors (Lipinski definition) is 7. The number of nitrogens with zero attached hydrogens (tertiary/aromatic N) is 2. The Hall–Kier alpha value is -3.42. The van der Waals surface area contributed by atoms with E-state index >= 15 is 0 Å². The standard InChI is InChI=1S/C23H24N2O6/c1-29-21(27)18-19(22(28)30-2)23(31-20(18)24-15-9-5-3-6-10-15)14-13-17(26)25(23)16-11-7-4-8-12-16/h4,7-8,11-15H,3,5-6,9-10H2,1-2H3. The van der Waals surface area contributed by atoms with E-state index in [0.29, 0.717) is 5.69 Å². The average Bonchev–Trinajstić information content (AvgIpc) is 3.30. The third kappa shape index (κ3) is 3.52. The molecular formula is C23H24N2O6. The van der Waals surface area contributed by atoms with Gasteiger partial charge in [-0.1, -0.05) is 37.5 Å². The highest BCUT2D eigenvalue weighted by Gasteiger charge is 2.59. The molecule has 0 saturated heterocycles. The molecule has 2 aliphatic heterocycles. The SMILES string of the molecule is COC(=O)C1=C(C(=O)OC)C2(C=CC(=O)N2c2ccccc2)OC1=NC1CCCCC1. The summed E-state index contributed by atoms with van der Waals surface area (Å²) in [5.41, 5.74) is -1.41. The number of methoxy groups -OCH3 is 2. The van der Waals surface area contributed by atoms with Gasteiger partial charge >= 0.3 is 11.9 Å². The van der Waals surface area contributed by atoms with Crippen LogP contribution >= 0.6 is 0 Å². The van der Waals surface area contributed by atoms with Crippen LogP contribution in [0.15, 0.2) is 58.6 Å². The molecule has 8 heteroatoms. The maximum Gasteiger partial charge on any atom is 0.344 e. The lowest BCUT2D eigenvalue weighted by Gasteiger charge is -2.34. The van der Waals surface area contributed by atoms with E-state index < -0.39 is 23.6 Å². The number of hydrogen-bond donors (Lipinski definition) is 0. The molecule has 162 valence electrons. The Morgan fingerprint density at radius 3 is 2.39 bits per heavy atom. The maximum atomic E-state index is 12.9. The minimum atomic E-state index is -1.68. The molecule has 1 unspecified atom stereocenters. The Morgan fingerprint density at radius 1 is 1.06 bits per heavy atom. The number of aliphatic imine (C=N–C) groups is 1. The largest absolute Gasteiger partial charge is 0.465 e. The lowest BCUT2D eigenvalue weighted by molar-refractivity contribution is -0.139. The summed E-state index contributed by atoms with van der Waals surface area (Å²) in [5.74, 6) is -1.96. The van der Waals surface area contributed by atoms with E-state index in [0.717, 1.165) is 32.1 Å². The molecule has 2 heterocycles. The normalized spacial score (nSPS) is 24.8. The lowest BCUT2D eigenvalue weighted by Crippen LogP contribution is -2.50. The van der Waals surface area contributed by atoms with E-state index in [9.17, 15) is 14.4 Å². The summed E-state index contributed by atoms with van der Waals surface area (Å²) < 4.78 is 16.2. The molecule has 0 N–H and O–H groups in total. The van der Waals surface area contributed by atoms with Gasteiger partial charge in [0, 0.05) is 11.8 Å². The van der Waals surface area contributed by atoms with Gasteiger partial charge in [-0.2, -0.15) is 0 Å². The third-order valence-corrected chi connectivity index (χ3v) is 5.75. The van der Waals surface area contributed by atoms with Crippen molar-refractivity contribution in [2.24, 2.45) is 4.99 Å². The summed E-state index contributed by atoms with van der Waals surface area (Å²) >= 11 is 0. The Labute approximate surface area is 180 Å². The molecule has 31 heavy (non-hydrogen) atoms. The molecule has 1 atom stereocenters. The summed E-state index contributed by atoms with van der Waals surface area (Å²) in [4.78, 5) is 44.6. The predicted molar refractivity (Wildman–Crippen MR) is 112 cm³/mol. The number of anilines is 1. The lowest BCUT2D eigenvalue weighted by atomic mass is 9.95. The van der Waals surface area contributed by atoms with Gasteiger partial charge < -0.3 is 14.2 Å². The highest BCUT2D eigenvalue weighted by atomic mass is 16.6. The van der Waals surface area contributed by atoms with Gasteiger partial charge in [0.05, 0.1) is 20.3 Å². The van der Waals surface area contributed by atoms with Crippen molar-refractivity contribution < 1.29 is 28.6 Å². The highest BCUT2D eigenvalue weighted by Crippen LogP contribution is 2.44. The van der Waals surface area contributed by atoms with Gasteiger partial charge in [-0.05, 0) is 31.1 Å². The second-order valence-corrected chi connectivity index (χ2v) is 7.60. The number of carbonyl (C=O) groups excluding carboxylic acids is 3. The van der Waals surface area contributed by atoms with Crippen LogP contribution in [0.5, 0.6) is 0 Å². The van der Waals surface area contributed by atoms with Crippen molar-refractivity contribution >= 4 is 29.4 Å². The fourth-order valence-corrected chi connectivity index (χ4v) is 4.31. The van der Waals surface area contributed by atoms with E-state index in [1.807, 2.05) is 6.07 Å². The van der Waals surface area contributed by atoms with Crippen molar-refractivity contribution in [1.82, 2.24) is 0 Å². The van der Waals surface area contributed by atoms with Crippen molar-refractivity contribution in [3.8, 4) is 0 Å². The van der Waals surface area contributed by atoms with Gasteiger partial charge in [-0.15, -0.1) is 0 Å². The summed E-state index contributed by atoms with van der Waals surface area (Å²) in [7, 11) is 2.43. The Bertz CT molecular complexity index is 991. The zero-order valence-electron chi connectivity index (χ0n) is 17.5. The van der Waals surface area contributed by atoms with Crippen LogP contribution in [0.3, 0.4) is 0 Å². The van der Waals surface area contributed by atoms with Crippen LogP contribution in [0, 0.1) is 0 Å². The van der Waals surface area contributed by atoms with Gasteiger partial charge in [-0.25, -0.2) is 14.6 Å². The molecule has 1 aromatic rings. The van der Waals surface area contributed by atoms with Crippen molar-refractivity contribution in [3.63, 3.8) is 0 Å². The molecule has 0 bridgehead atoms. The minimum absolute atomic E-state index is 0.000527.